The molecule has 0 aliphatic heterocycles. The van der Waals surface area contributed by atoms with Crippen molar-refractivity contribution in [3.8, 4) is 0 Å². The maximum absolute atomic E-state index is 11.0. The van der Waals surface area contributed by atoms with Crippen LogP contribution in [-0.2, 0) is 0 Å². The Balaban J connectivity index is 2.02. The van der Waals surface area contributed by atoms with Gasteiger partial charge in [0.25, 0.3) is 0 Å². The van der Waals surface area contributed by atoms with E-state index in [1.54, 1.807) is 18.2 Å². The van der Waals surface area contributed by atoms with E-state index in [-0.39, 0.29) is 5.41 Å². The Morgan fingerprint density at radius 2 is 2.20 bits per heavy atom. The van der Waals surface area contributed by atoms with Crippen molar-refractivity contribution in [1.29, 1.82) is 0 Å². The second-order valence-corrected chi connectivity index (χ2v) is 6.45. The second-order valence-electron chi connectivity index (χ2n) is 6.45. The molecule has 1 aliphatic rings. The Hall–Kier alpha value is -1.84. The number of aromatic carboxylic acids is 1. The highest BCUT2D eigenvalue weighted by molar-refractivity contribution is 5.92. The monoisotopic (exact) mass is 272 g/mol. The third-order valence-corrected chi connectivity index (χ3v) is 4.58. The molecule has 1 atom stereocenters. The number of benzene rings is 1. The molecular formula is C16H20N2O2. The van der Waals surface area contributed by atoms with E-state index < -0.39 is 5.97 Å². The predicted octanol–water partition coefficient (Wildman–Crippen LogP) is 3.94. The molecule has 3 rings (SSSR count). The van der Waals surface area contributed by atoms with Crippen LogP contribution in [0.15, 0.2) is 18.2 Å². The quantitative estimate of drug-likeness (QED) is 0.870. The Kier molecular flexibility index (Phi) is 3.04. The number of hydrogen-bond donors (Lipinski definition) is 2. The number of nitrogens with zero attached hydrogens (tertiary/aromatic N) is 1. The third kappa shape index (κ3) is 2.19. The van der Waals surface area contributed by atoms with Crippen molar-refractivity contribution in [2.24, 2.45) is 5.41 Å². The number of aromatic amines is 1. The van der Waals surface area contributed by atoms with Crippen molar-refractivity contribution in [3.05, 3.63) is 29.6 Å². The first-order valence-electron chi connectivity index (χ1n) is 7.20. The fourth-order valence-electron chi connectivity index (χ4n) is 3.33. The molecule has 106 valence electrons. The summed E-state index contributed by atoms with van der Waals surface area (Å²) < 4.78 is 0. The normalized spacial score (nSPS) is 22.0. The molecule has 0 bridgehead atoms. The van der Waals surface area contributed by atoms with Gasteiger partial charge in [-0.25, -0.2) is 9.78 Å². The molecule has 0 radical (unpaired) electrons. The zero-order chi connectivity index (χ0) is 14.3. The summed E-state index contributed by atoms with van der Waals surface area (Å²) in [5, 5.41) is 9.05. The summed E-state index contributed by atoms with van der Waals surface area (Å²) in [4.78, 5) is 19.0. The lowest BCUT2D eigenvalue weighted by molar-refractivity contribution is 0.0697. The predicted molar refractivity (Wildman–Crippen MR) is 78.0 cm³/mol. The summed E-state index contributed by atoms with van der Waals surface area (Å²) in [6.45, 7) is 4.60. The summed E-state index contributed by atoms with van der Waals surface area (Å²) in [6.07, 6.45) is 4.89. The number of carbonyl (C=O) groups is 1. The molecule has 1 fully saturated rings. The van der Waals surface area contributed by atoms with Crippen molar-refractivity contribution in [2.45, 2.75) is 45.4 Å². The highest BCUT2D eigenvalue weighted by Crippen LogP contribution is 2.46. The molecule has 2 N–H and O–H groups in total. The van der Waals surface area contributed by atoms with Crippen LogP contribution < -0.4 is 0 Å². The van der Waals surface area contributed by atoms with Crippen LogP contribution in [-0.4, -0.2) is 21.0 Å². The number of H-pyrrole nitrogens is 1. The number of hydrogen-bond acceptors (Lipinski definition) is 2. The van der Waals surface area contributed by atoms with Gasteiger partial charge in [-0.15, -0.1) is 0 Å². The van der Waals surface area contributed by atoms with E-state index in [9.17, 15) is 4.79 Å². The summed E-state index contributed by atoms with van der Waals surface area (Å²) in [5.74, 6) is 0.533. The van der Waals surface area contributed by atoms with E-state index in [1.165, 1.54) is 19.3 Å². The molecule has 2 aromatic rings. The van der Waals surface area contributed by atoms with Gasteiger partial charge in [0.2, 0.25) is 0 Å². The van der Waals surface area contributed by atoms with Crippen molar-refractivity contribution < 1.29 is 9.90 Å². The lowest BCUT2D eigenvalue weighted by Crippen LogP contribution is -2.26. The van der Waals surface area contributed by atoms with Crippen LogP contribution in [0.25, 0.3) is 11.0 Å². The molecular weight excluding hydrogens is 252 g/mol. The molecule has 0 amide bonds. The molecule has 1 aromatic carbocycles. The minimum atomic E-state index is -0.902. The van der Waals surface area contributed by atoms with Crippen LogP contribution in [0.5, 0.6) is 0 Å². The van der Waals surface area contributed by atoms with E-state index in [1.807, 2.05) is 0 Å². The zero-order valence-electron chi connectivity index (χ0n) is 11.9. The molecule has 4 heteroatoms. The van der Waals surface area contributed by atoms with Crippen molar-refractivity contribution in [2.75, 3.05) is 0 Å². The van der Waals surface area contributed by atoms with E-state index in [2.05, 4.69) is 23.8 Å². The van der Waals surface area contributed by atoms with Crippen molar-refractivity contribution >= 4 is 17.0 Å². The number of aromatic nitrogens is 2. The van der Waals surface area contributed by atoms with Crippen LogP contribution >= 0.6 is 0 Å². The lowest BCUT2D eigenvalue weighted by atomic mass is 9.68. The summed E-state index contributed by atoms with van der Waals surface area (Å²) >= 11 is 0. The van der Waals surface area contributed by atoms with Gasteiger partial charge < -0.3 is 10.1 Å². The number of rotatable bonds is 2. The van der Waals surface area contributed by atoms with E-state index in [0.717, 1.165) is 23.3 Å². The SMILES string of the molecule is CC1(C)CCCCC1c1nc2ccc(C(=O)O)cc2[nH]1. The third-order valence-electron chi connectivity index (χ3n) is 4.58. The Labute approximate surface area is 118 Å². The van der Waals surface area contributed by atoms with Gasteiger partial charge in [-0.3, -0.25) is 0 Å². The van der Waals surface area contributed by atoms with Gasteiger partial charge >= 0.3 is 5.97 Å². The van der Waals surface area contributed by atoms with E-state index in [0.29, 0.717) is 11.5 Å². The van der Waals surface area contributed by atoms with Crippen molar-refractivity contribution in [3.63, 3.8) is 0 Å². The van der Waals surface area contributed by atoms with Gasteiger partial charge in [0, 0.05) is 5.92 Å². The minimum absolute atomic E-state index is 0.252. The largest absolute Gasteiger partial charge is 0.478 e. The van der Waals surface area contributed by atoms with Crippen LogP contribution in [0.1, 0.15) is 61.6 Å². The molecule has 1 aliphatic carbocycles. The number of nitrogens with one attached hydrogen (secondary N) is 1. The van der Waals surface area contributed by atoms with Gasteiger partial charge in [-0.05, 0) is 36.5 Å². The second kappa shape index (κ2) is 4.62. The molecule has 1 saturated carbocycles. The first kappa shape index (κ1) is 13.2. The van der Waals surface area contributed by atoms with Crippen LogP contribution in [0, 0.1) is 5.41 Å². The average molecular weight is 272 g/mol. The number of carboxylic acid groups (broad SMARTS) is 1. The first-order chi connectivity index (χ1) is 9.47. The van der Waals surface area contributed by atoms with Crippen LogP contribution in [0.3, 0.4) is 0 Å². The minimum Gasteiger partial charge on any atom is -0.478 e. The summed E-state index contributed by atoms with van der Waals surface area (Å²) in [6, 6.07) is 5.07. The maximum Gasteiger partial charge on any atom is 0.335 e. The molecule has 1 heterocycles. The van der Waals surface area contributed by atoms with Crippen LogP contribution in [0.4, 0.5) is 0 Å². The van der Waals surface area contributed by atoms with Gasteiger partial charge in [0.05, 0.1) is 16.6 Å². The van der Waals surface area contributed by atoms with Gasteiger partial charge in [-0.1, -0.05) is 26.7 Å². The first-order valence-corrected chi connectivity index (χ1v) is 7.20. The maximum atomic E-state index is 11.0. The molecule has 1 unspecified atom stereocenters. The average Bonchev–Trinajstić information content (AvgIpc) is 2.80. The summed E-state index contributed by atoms with van der Waals surface area (Å²) in [7, 11) is 0. The van der Waals surface area contributed by atoms with Gasteiger partial charge in [0.15, 0.2) is 0 Å². The number of carboxylic acids is 1. The molecule has 1 aromatic heterocycles. The lowest BCUT2D eigenvalue weighted by Gasteiger charge is -2.37. The van der Waals surface area contributed by atoms with Gasteiger partial charge in [0.1, 0.15) is 5.82 Å². The van der Waals surface area contributed by atoms with E-state index in [4.69, 9.17) is 5.11 Å². The molecule has 0 saturated heterocycles. The molecule has 20 heavy (non-hydrogen) atoms. The van der Waals surface area contributed by atoms with Gasteiger partial charge in [-0.2, -0.15) is 0 Å². The number of fused-ring (bicyclic) bond motifs is 1. The highest BCUT2D eigenvalue weighted by atomic mass is 16.4. The fraction of sp³-hybridized carbons (Fsp3) is 0.500. The smallest absolute Gasteiger partial charge is 0.335 e. The fourth-order valence-corrected chi connectivity index (χ4v) is 3.33. The Morgan fingerprint density at radius 1 is 1.40 bits per heavy atom. The summed E-state index contributed by atoms with van der Waals surface area (Å²) in [5.41, 5.74) is 2.23. The Morgan fingerprint density at radius 3 is 2.90 bits per heavy atom. The standard InChI is InChI=1S/C16H20N2O2/c1-16(2)8-4-3-5-11(16)14-17-12-7-6-10(15(19)20)9-13(12)18-14/h6-7,9,11H,3-5,8H2,1-2H3,(H,17,18)(H,19,20). The highest BCUT2D eigenvalue weighted by Gasteiger charge is 2.35. The zero-order valence-corrected chi connectivity index (χ0v) is 11.9. The topological polar surface area (TPSA) is 66.0 Å². The van der Waals surface area contributed by atoms with Crippen LogP contribution in [0.2, 0.25) is 0 Å². The van der Waals surface area contributed by atoms with E-state index >= 15 is 0 Å². The molecule has 4 nitrogen and oxygen atoms in total. The number of imidazole rings is 1. The molecule has 0 spiro atoms. The Bertz CT molecular complexity index is 658. The van der Waals surface area contributed by atoms with Crippen molar-refractivity contribution in [1.82, 2.24) is 9.97 Å².